The number of carbonyl (C=O) groups excluding carboxylic acids is 1. The van der Waals surface area contributed by atoms with Crippen LogP contribution in [0.3, 0.4) is 0 Å². The highest BCUT2D eigenvalue weighted by Crippen LogP contribution is 2.31. The number of aromatic nitrogens is 2. The van der Waals surface area contributed by atoms with E-state index in [4.69, 9.17) is 4.74 Å². The molecule has 4 nitrogen and oxygen atoms in total. The molecular weight excluding hydrogens is 247 g/mol. The average Bonchev–Trinajstić information content (AvgIpc) is 2.75. The molecule has 0 atom stereocenters. The topological polar surface area (TPSA) is 44.1 Å². The van der Waals surface area contributed by atoms with Crippen LogP contribution < -0.4 is 4.74 Å². The van der Waals surface area contributed by atoms with E-state index in [1.165, 1.54) is 30.8 Å². The molecule has 0 amide bonds. The molecule has 1 aliphatic rings. The van der Waals surface area contributed by atoms with Crippen molar-refractivity contribution in [3.05, 3.63) is 48.0 Å². The fourth-order valence-corrected chi connectivity index (χ4v) is 2.01. The smallest absolute Gasteiger partial charge is 0.343 e. The standard InChI is InChI=1S/C14H13FN2O2/c15-11-4-1-3-10(7-11)14(18)19-13-8-16-17(9-13)12-5-2-6-12/h1,3-4,7-9,12H,2,5-6H2. The molecule has 0 spiro atoms. The number of ether oxygens (including phenoxy) is 1. The van der Waals surface area contributed by atoms with Crippen LogP contribution in [0.25, 0.3) is 0 Å². The molecule has 1 aromatic heterocycles. The summed E-state index contributed by atoms with van der Waals surface area (Å²) in [5.41, 5.74) is 0.191. The van der Waals surface area contributed by atoms with Crippen LogP contribution in [0.15, 0.2) is 36.7 Å². The Bertz CT molecular complexity index is 605. The molecular formula is C14H13FN2O2. The predicted molar refractivity (Wildman–Crippen MR) is 66.5 cm³/mol. The number of benzene rings is 1. The molecule has 0 radical (unpaired) electrons. The minimum Gasteiger partial charge on any atom is -0.420 e. The summed E-state index contributed by atoms with van der Waals surface area (Å²) in [7, 11) is 0. The van der Waals surface area contributed by atoms with Crippen molar-refractivity contribution in [2.24, 2.45) is 0 Å². The molecule has 0 N–H and O–H groups in total. The quantitative estimate of drug-likeness (QED) is 0.797. The van der Waals surface area contributed by atoms with Gasteiger partial charge in [-0.25, -0.2) is 9.18 Å². The van der Waals surface area contributed by atoms with Gasteiger partial charge in [-0.15, -0.1) is 0 Å². The maximum atomic E-state index is 13.0. The minimum atomic E-state index is -0.576. The van der Waals surface area contributed by atoms with Crippen LogP contribution in [0.4, 0.5) is 4.39 Å². The van der Waals surface area contributed by atoms with E-state index in [0.717, 1.165) is 18.9 Å². The van der Waals surface area contributed by atoms with Gasteiger partial charge in [-0.3, -0.25) is 4.68 Å². The summed E-state index contributed by atoms with van der Waals surface area (Å²) in [4.78, 5) is 11.8. The Morgan fingerprint density at radius 3 is 2.95 bits per heavy atom. The number of nitrogens with zero attached hydrogens (tertiary/aromatic N) is 2. The number of rotatable bonds is 3. The van der Waals surface area contributed by atoms with Gasteiger partial charge >= 0.3 is 5.97 Å². The van der Waals surface area contributed by atoms with Crippen LogP contribution in [0.2, 0.25) is 0 Å². The van der Waals surface area contributed by atoms with Gasteiger partial charge < -0.3 is 4.74 Å². The van der Waals surface area contributed by atoms with E-state index in [9.17, 15) is 9.18 Å². The second kappa shape index (κ2) is 4.84. The summed E-state index contributed by atoms with van der Waals surface area (Å²) >= 11 is 0. The van der Waals surface area contributed by atoms with Crippen LogP contribution in [-0.4, -0.2) is 15.7 Å². The maximum absolute atomic E-state index is 13.0. The molecule has 0 aliphatic heterocycles. The molecule has 2 aromatic rings. The zero-order chi connectivity index (χ0) is 13.2. The predicted octanol–water partition coefficient (Wildman–Crippen LogP) is 2.97. The summed E-state index contributed by atoms with van der Waals surface area (Å²) in [5, 5.41) is 4.17. The van der Waals surface area contributed by atoms with Gasteiger partial charge in [0.15, 0.2) is 5.75 Å². The third-order valence-corrected chi connectivity index (χ3v) is 3.30. The van der Waals surface area contributed by atoms with Crippen molar-refractivity contribution >= 4 is 5.97 Å². The van der Waals surface area contributed by atoms with Crippen molar-refractivity contribution in [2.75, 3.05) is 0 Å². The molecule has 0 unspecified atom stereocenters. The fraction of sp³-hybridized carbons (Fsp3) is 0.286. The van der Waals surface area contributed by atoms with Gasteiger partial charge in [0.05, 0.1) is 24.0 Å². The molecule has 3 rings (SSSR count). The van der Waals surface area contributed by atoms with Crippen LogP contribution >= 0.6 is 0 Å². The van der Waals surface area contributed by atoms with E-state index in [2.05, 4.69) is 5.10 Å². The summed E-state index contributed by atoms with van der Waals surface area (Å²) < 4.78 is 20.0. The maximum Gasteiger partial charge on any atom is 0.343 e. The van der Waals surface area contributed by atoms with Gasteiger partial charge in [-0.05, 0) is 37.5 Å². The van der Waals surface area contributed by atoms with E-state index in [1.807, 2.05) is 4.68 Å². The molecule has 0 bridgehead atoms. The lowest BCUT2D eigenvalue weighted by Gasteiger charge is -2.25. The van der Waals surface area contributed by atoms with Crippen molar-refractivity contribution in [1.29, 1.82) is 0 Å². The van der Waals surface area contributed by atoms with E-state index in [-0.39, 0.29) is 5.56 Å². The Kier molecular flexibility index (Phi) is 3.03. The van der Waals surface area contributed by atoms with Gasteiger partial charge in [0.1, 0.15) is 5.82 Å². The van der Waals surface area contributed by atoms with Crippen molar-refractivity contribution in [1.82, 2.24) is 9.78 Å². The lowest BCUT2D eigenvalue weighted by atomic mass is 9.93. The first-order chi connectivity index (χ1) is 9.22. The van der Waals surface area contributed by atoms with E-state index < -0.39 is 11.8 Å². The highest BCUT2D eigenvalue weighted by molar-refractivity contribution is 5.90. The monoisotopic (exact) mass is 260 g/mol. The lowest BCUT2D eigenvalue weighted by molar-refractivity contribution is 0.0734. The third-order valence-electron chi connectivity index (χ3n) is 3.30. The lowest BCUT2D eigenvalue weighted by Crippen LogP contribution is -2.17. The van der Waals surface area contributed by atoms with E-state index in [1.54, 1.807) is 6.20 Å². The van der Waals surface area contributed by atoms with Crippen LogP contribution in [0.1, 0.15) is 35.7 Å². The number of hydrogen-bond acceptors (Lipinski definition) is 3. The summed E-state index contributed by atoms with van der Waals surface area (Å²) in [6, 6.07) is 5.84. The largest absolute Gasteiger partial charge is 0.420 e. The average molecular weight is 260 g/mol. The third kappa shape index (κ3) is 2.50. The molecule has 1 heterocycles. The van der Waals surface area contributed by atoms with Gasteiger partial charge in [-0.1, -0.05) is 6.07 Å². The Morgan fingerprint density at radius 1 is 1.42 bits per heavy atom. The second-order valence-corrected chi connectivity index (χ2v) is 4.64. The molecule has 1 aromatic carbocycles. The second-order valence-electron chi connectivity index (χ2n) is 4.64. The van der Waals surface area contributed by atoms with Gasteiger partial charge in [0, 0.05) is 0 Å². The summed E-state index contributed by atoms with van der Waals surface area (Å²) in [6.45, 7) is 0. The van der Waals surface area contributed by atoms with Crippen molar-refractivity contribution in [3.63, 3.8) is 0 Å². The first kappa shape index (κ1) is 11.9. The van der Waals surface area contributed by atoms with Crippen molar-refractivity contribution in [2.45, 2.75) is 25.3 Å². The Hall–Kier alpha value is -2.17. The number of esters is 1. The molecule has 19 heavy (non-hydrogen) atoms. The Morgan fingerprint density at radius 2 is 2.26 bits per heavy atom. The van der Waals surface area contributed by atoms with Gasteiger partial charge in [-0.2, -0.15) is 5.10 Å². The number of halogens is 1. The molecule has 1 aliphatic carbocycles. The van der Waals surface area contributed by atoms with E-state index in [0.29, 0.717) is 11.8 Å². The molecule has 1 saturated carbocycles. The first-order valence-corrected chi connectivity index (χ1v) is 6.24. The molecule has 1 fully saturated rings. The van der Waals surface area contributed by atoms with Crippen molar-refractivity contribution < 1.29 is 13.9 Å². The molecule has 5 heteroatoms. The van der Waals surface area contributed by atoms with Gasteiger partial charge in [0.2, 0.25) is 0 Å². The van der Waals surface area contributed by atoms with Crippen LogP contribution in [-0.2, 0) is 0 Å². The van der Waals surface area contributed by atoms with Crippen LogP contribution in [0, 0.1) is 5.82 Å². The summed E-state index contributed by atoms with van der Waals surface area (Å²) in [6.07, 6.45) is 6.65. The van der Waals surface area contributed by atoms with Crippen LogP contribution in [0.5, 0.6) is 5.75 Å². The van der Waals surface area contributed by atoms with Gasteiger partial charge in [0.25, 0.3) is 0 Å². The summed E-state index contributed by atoms with van der Waals surface area (Å²) in [5.74, 6) is -0.645. The number of hydrogen-bond donors (Lipinski definition) is 0. The zero-order valence-electron chi connectivity index (χ0n) is 10.3. The Balaban J connectivity index is 1.70. The highest BCUT2D eigenvalue weighted by Gasteiger charge is 2.20. The fourth-order valence-electron chi connectivity index (χ4n) is 2.01. The minimum absolute atomic E-state index is 0.191. The zero-order valence-corrected chi connectivity index (χ0v) is 10.3. The highest BCUT2D eigenvalue weighted by atomic mass is 19.1. The first-order valence-electron chi connectivity index (χ1n) is 6.24. The van der Waals surface area contributed by atoms with E-state index >= 15 is 0 Å². The Labute approximate surface area is 109 Å². The molecule has 0 saturated heterocycles. The van der Waals surface area contributed by atoms with Crippen molar-refractivity contribution in [3.8, 4) is 5.75 Å². The normalized spacial score (nSPS) is 15.0. The number of carbonyl (C=O) groups is 1. The molecule has 98 valence electrons. The SMILES string of the molecule is O=C(Oc1cnn(C2CCC2)c1)c1cccc(F)c1.